The van der Waals surface area contributed by atoms with Crippen molar-refractivity contribution in [1.29, 1.82) is 0 Å². The normalized spacial score (nSPS) is 17.9. The molecule has 6 nitrogen and oxygen atoms in total. The Morgan fingerprint density at radius 3 is 2.67 bits per heavy atom. The smallest absolute Gasteiger partial charge is 0.243 e. The van der Waals surface area contributed by atoms with E-state index in [9.17, 15) is 13.2 Å². The van der Waals surface area contributed by atoms with Crippen LogP contribution >= 0.6 is 11.3 Å². The molecule has 1 atom stereocenters. The van der Waals surface area contributed by atoms with Crippen molar-refractivity contribution in [3.63, 3.8) is 0 Å². The van der Waals surface area contributed by atoms with Gasteiger partial charge in [0, 0.05) is 19.0 Å². The van der Waals surface area contributed by atoms with Crippen LogP contribution in [0.1, 0.15) is 36.8 Å². The molecule has 1 aliphatic heterocycles. The predicted octanol–water partition coefficient (Wildman–Crippen LogP) is 4.49. The maximum atomic E-state index is 13.2. The first-order valence-electron chi connectivity index (χ1n) is 10.1. The number of piperidine rings is 1. The van der Waals surface area contributed by atoms with Crippen molar-refractivity contribution in [1.82, 2.24) is 9.29 Å². The number of aryl methyl sites for hydroxylation is 2. The number of anilines is 1. The third-order valence-electron chi connectivity index (χ3n) is 5.49. The van der Waals surface area contributed by atoms with Gasteiger partial charge in [-0.3, -0.25) is 4.79 Å². The van der Waals surface area contributed by atoms with Gasteiger partial charge in [0.15, 0.2) is 5.13 Å². The van der Waals surface area contributed by atoms with Crippen LogP contribution in [0.15, 0.2) is 47.4 Å². The summed E-state index contributed by atoms with van der Waals surface area (Å²) >= 11 is 1.43. The van der Waals surface area contributed by atoms with Gasteiger partial charge in [0.25, 0.3) is 0 Å². The van der Waals surface area contributed by atoms with Gasteiger partial charge in [-0.2, -0.15) is 4.31 Å². The standard InChI is InChI=1S/C22H25N3O3S2/c1-15-9-11-18(12-10-15)30(27,28)25-13-4-3-7-17(25)14-20(26)23-22-24-21-16(2)6-5-8-19(21)29-22/h5-6,8-12,17H,3-4,7,13-14H2,1-2H3,(H,23,24,26)/t17-/m1/s1. The molecule has 3 aromatic rings. The van der Waals surface area contributed by atoms with Crippen LogP contribution < -0.4 is 5.32 Å². The van der Waals surface area contributed by atoms with Crippen LogP contribution in [0.4, 0.5) is 5.13 Å². The van der Waals surface area contributed by atoms with Gasteiger partial charge in [-0.1, -0.05) is 47.6 Å². The number of nitrogens with one attached hydrogen (secondary N) is 1. The minimum Gasteiger partial charge on any atom is -0.302 e. The lowest BCUT2D eigenvalue weighted by Crippen LogP contribution is -2.45. The molecule has 1 amide bonds. The Labute approximate surface area is 181 Å². The van der Waals surface area contributed by atoms with Gasteiger partial charge < -0.3 is 5.32 Å². The van der Waals surface area contributed by atoms with E-state index in [4.69, 9.17) is 0 Å². The zero-order valence-electron chi connectivity index (χ0n) is 17.1. The zero-order valence-corrected chi connectivity index (χ0v) is 18.7. The molecule has 1 fully saturated rings. The van der Waals surface area contributed by atoms with E-state index in [0.29, 0.717) is 18.1 Å². The third-order valence-corrected chi connectivity index (χ3v) is 8.39. The second-order valence-corrected chi connectivity index (χ2v) is 10.7. The minimum absolute atomic E-state index is 0.125. The van der Waals surface area contributed by atoms with Crippen molar-refractivity contribution < 1.29 is 13.2 Å². The number of para-hydroxylation sites is 1. The van der Waals surface area contributed by atoms with Crippen molar-refractivity contribution in [3.8, 4) is 0 Å². The molecule has 0 unspecified atom stereocenters. The molecular formula is C22H25N3O3S2. The number of sulfonamides is 1. The molecule has 1 saturated heterocycles. The summed E-state index contributed by atoms with van der Waals surface area (Å²) in [6.07, 6.45) is 2.52. The first-order chi connectivity index (χ1) is 14.3. The Morgan fingerprint density at radius 2 is 1.93 bits per heavy atom. The number of aromatic nitrogens is 1. The monoisotopic (exact) mass is 443 g/mol. The highest BCUT2D eigenvalue weighted by atomic mass is 32.2. The molecule has 0 bridgehead atoms. The summed E-state index contributed by atoms with van der Waals surface area (Å²) in [5.74, 6) is -0.206. The largest absolute Gasteiger partial charge is 0.302 e. The average molecular weight is 444 g/mol. The van der Waals surface area contributed by atoms with Crippen LogP contribution in [0.3, 0.4) is 0 Å². The molecular weight excluding hydrogens is 418 g/mol. The van der Waals surface area contributed by atoms with E-state index in [2.05, 4.69) is 10.3 Å². The topological polar surface area (TPSA) is 79.4 Å². The molecule has 0 aliphatic carbocycles. The van der Waals surface area contributed by atoms with Crippen molar-refractivity contribution in [2.24, 2.45) is 0 Å². The molecule has 0 saturated carbocycles. The lowest BCUT2D eigenvalue weighted by Gasteiger charge is -2.34. The average Bonchev–Trinajstić information content (AvgIpc) is 3.12. The molecule has 2 heterocycles. The SMILES string of the molecule is Cc1ccc(S(=O)(=O)N2CCCC[C@@H]2CC(=O)Nc2nc3c(C)cccc3s2)cc1. The molecule has 1 N–H and O–H groups in total. The highest BCUT2D eigenvalue weighted by Crippen LogP contribution is 2.30. The fraction of sp³-hybridized carbons (Fsp3) is 0.364. The van der Waals surface area contributed by atoms with E-state index >= 15 is 0 Å². The lowest BCUT2D eigenvalue weighted by atomic mass is 10.0. The van der Waals surface area contributed by atoms with Crippen LogP contribution in [0, 0.1) is 13.8 Å². The van der Waals surface area contributed by atoms with E-state index in [0.717, 1.165) is 34.2 Å². The summed E-state index contributed by atoms with van der Waals surface area (Å²) in [7, 11) is -3.63. The maximum absolute atomic E-state index is 13.2. The number of benzene rings is 2. The van der Waals surface area contributed by atoms with Gasteiger partial charge in [0.05, 0.1) is 15.1 Å². The minimum atomic E-state index is -3.63. The number of carbonyl (C=O) groups excluding carboxylic acids is 1. The van der Waals surface area contributed by atoms with E-state index in [-0.39, 0.29) is 23.3 Å². The lowest BCUT2D eigenvalue weighted by molar-refractivity contribution is -0.117. The van der Waals surface area contributed by atoms with Gasteiger partial charge in [-0.05, 0) is 50.5 Å². The van der Waals surface area contributed by atoms with E-state index in [1.165, 1.54) is 15.6 Å². The number of hydrogen-bond acceptors (Lipinski definition) is 5. The number of thiazole rings is 1. The Morgan fingerprint density at radius 1 is 1.17 bits per heavy atom. The molecule has 1 aromatic heterocycles. The fourth-order valence-corrected chi connectivity index (χ4v) is 6.52. The summed E-state index contributed by atoms with van der Waals surface area (Å²) in [5.41, 5.74) is 2.96. The predicted molar refractivity (Wildman–Crippen MR) is 120 cm³/mol. The quantitative estimate of drug-likeness (QED) is 0.630. The molecule has 158 valence electrons. The van der Waals surface area contributed by atoms with Crippen LogP contribution in [0.2, 0.25) is 0 Å². The van der Waals surface area contributed by atoms with E-state index in [1.807, 2.05) is 32.0 Å². The Kier molecular flexibility index (Phi) is 5.90. The van der Waals surface area contributed by atoms with Gasteiger partial charge in [0.1, 0.15) is 0 Å². The summed E-state index contributed by atoms with van der Waals surface area (Å²) in [4.78, 5) is 17.5. The molecule has 4 rings (SSSR count). The van der Waals surface area contributed by atoms with Crippen molar-refractivity contribution in [3.05, 3.63) is 53.6 Å². The van der Waals surface area contributed by atoms with Gasteiger partial charge in [-0.15, -0.1) is 0 Å². The van der Waals surface area contributed by atoms with Gasteiger partial charge in [0.2, 0.25) is 15.9 Å². The second-order valence-electron chi connectivity index (χ2n) is 7.77. The van der Waals surface area contributed by atoms with Gasteiger partial charge >= 0.3 is 0 Å². The van der Waals surface area contributed by atoms with E-state index < -0.39 is 10.0 Å². The zero-order chi connectivity index (χ0) is 21.3. The van der Waals surface area contributed by atoms with Crippen LogP contribution in [0.5, 0.6) is 0 Å². The molecule has 2 aromatic carbocycles. The number of hydrogen-bond donors (Lipinski definition) is 1. The van der Waals surface area contributed by atoms with Crippen LogP contribution in [-0.2, 0) is 14.8 Å². The second kappa shape index (κ2) is 8.45. The Balaban J connectivity index is 1.50. The number of nitrogens with zero attached hydrogens (tertiary/aromatic N) is 2. The van der Waals surface area contributed by atoms with Crippen LogP contribution in [0.25, 0.3) is 10.2 Å². The van der Waals surface area contributed by atoms with Crippen molar-refractivity contribution in [2.45, 2.75) is 50.5 Å². The van der Waals surface area contributed by atoms with Crippen molar-refractivity contribution >= 4 is 42.6 Å². The highest BCUT2D eigenvalue weighted by molar-refractivity contribution is 7.89. The first kappa shape index (κ1) is 21.0. The number of rotatable bonds is 5. The van der Waals surface area contributed by atoms with E-state index in [1.54, 1.807) is 24.3 Å². The molecule has 0 radical (unpaired) electrons. The van der Waals surface area contributed by atoms with Crippen molar-refractivity contribution in [2.75, 3.05) is 11.9 Å². The summed E-state index contributed by atoms with van der Waals surface area (Å²) in [6, 6.07) is 12.5. The molecule has 1 aliphatic rings. The van der Waals surface area contributed by atoms with Crippen LogP contribution in [-0.4, -0.2) is 36.2 Å². The third kappa shape index (κ3) is 4.26. The first-order valence-corrected chi connectivity index (χ1v) is 12.3. The Bertz CT molecular complexity index is 1170. The summed E-state index contributed by atoms with van der Waals surface area (Å²) < 4.78 is 28.9. The number of amides is 1. The molecule has 8 heteroatoms. The summed E-state index contributed by atoms with van der Waals surface area (Å²) in [5, 5.41) is 3.42. The molecule has 30 heavy (non-hydrogen) atoms. The molecule has 0 spiro atoms. The summed E-state index contributed by atoms with van der Waals surface area (Å²) in [6.45, 7) is 4.35. The Hall–Kier alpha value is -2.29. The van der Waals surface area contributed by atoms with Gasteiger partial charge in [-0.25, -0.2) is 13.4 Å². The fourth-order valence-electron chi connectivity index (χ4n) is 3.86. The number of carbonyl (C=O) groups is 1. The maximum Gasteiger partial charge on any atom is 0.243 e. The number of fused-ring (bicyclic) bond motifs is 1. The highest BCUT2D eigenvalue weighted by Gasteiger charge is 2.34.